The van der Waals surface area contributed by atoms with Gasteiger partial charge in [-0.3, -0.25) is 4.79 Å². The van der Waals surface area contributed by atoms with E-state index in [1.807, 2.05) is 63.2 Å². The van der Waals surface area contributed by atoms with Gasteiger partial charge in [-0.1, -0.05) is 36.0 Å². The number of nitrogen functional groups attached to an aromatic ring is 1. The van der Waals surface area contributed by atoms with Crippen molar-refractivity contribution >= 4 is 23.4 Å². The quantitative estimate of drug-likeness (QED) is 0.469. The first kappa shape index (κ1) is 19.8. The minimum absolute atomic E-state index is 0.124. The van der Waals surface area contributed by atoms with E-state index in [0.717, 1.165) is 28.1 Å². The number of nitrogens with one attached hydrogen (secondary N) is 1. The summed E-state index contributed by atoms with van der Waals surface area (Å²) in [5, 5.41) is 11.7. The van der Waals surface area contributed by atoms with E-state index >= 15 is 0 Å². The number of benzene rings is 2. The van der Waals surface area contributed by atoms with Crippen LogP contribution in [0.4, 0.5) is 5.69 Å². The van der Waals surface area contributed by atoms with E-state index < -0.39 is 0 Å². The van der Waals surface area contributed by atoms with Crippen LogP contribution in [0.3, 0.4) is 0 Å². The van der Waals surface area contributed by atoms with Crippen molar-refractivity contribution in [2.45, 2.75) is 25.9 Å². The predicted molar refractivity (Wildman–Crippen MR) is 112 cm³/mol. The van der Waals surface area contributed by atoms with E-state index in [0.29, 0.717) is 17.6 Å². The number of aromatic nitrogens is 3. The Labute approximate surface area is 168 Å². The molecule has 0 bridgehead atoms. The van der Waals surface area contributed by atoms with Crippen LogP contribution in [0.15, 0.2) is 47.6 Å². The van der Waals surface area contributed by atoms with Gasteiger partial charge in [-0.05, 0) is 50.1 Å². The van der Waals surface area contributed by atoms with Gasteiger partial charge in [0.15, 0.2) is 5.82 Å². The average molecular weight is 398 g/mol. The Morgan fingerprint density at radius 2 is 2.04 bits per heavy atom. The SMILES string of the molecule is CCOc1cccc(-c2nnc(SCC(=O)Nc3cc(C)ccc3C)n2N)c1. The van der Waals surface area contributed by atoms with Crippen LogP contribution in [-0.2, 0) is 4.79 Å². The molecule has 0 unspecified atom stereocenters. The predicted octanol–water partition coefficient (Wildman–Crippen LogP) is 3.41. The summed E-state index contributed by atoms with van der Waals surface area (Å²) in [5.41, 5.74) is 3.72. The third-order valence-electron chi connectivity index (χ3n) is 4.07. The molecule has 0 radical (unpaired) electrons. The minimum Gasteiger partial charge on any atom is -0.494 e. The number of ether oxygens (including phenoxy) is 1. The third-order valence-corrected chi connectivity index (χ3v) is 5.01. The number of carbonyl (C=O) groups excluding carboxylic acids is 1. The zero-order chi connectivity index (χ0) is 20.1. The Hall–Kier alpha value is -3.00. The van der Waals surface area contributed by atoms with Gasteiger partial charge in [0.05, 0.1) is 12.4 Å². The average Bonchev–Trinajstić information content (AvgIpc) is 3.04. The molecule has 0 aliphatic carbocycles. The molecule has 28 heavy (non-hydrogen) atoms. The number of aryl methyl sites for hydroxylation is 2. The number of carbonyl (C=O) groups is 1. The molecule has 0 saturated heterocycles. The van der Waals surface area contributed by atoms with Crippen molar-refractivity contribution in [3.63, 3.8) is 0 Å². The van der Waals surface area contributed by atoms with E-state index in [9.17, 15) is 4.79 Å². The van der Waals surface area contributed by atoms with Gasteiger partial charge in [0, 0.05) is 11.3 Å². The smallest absolute Gasteiger partial charge is 0.234 e. The Morgan fingerprint density at radius 3 is 2.82 bits per heavy atom. The normalized spacial score (nSPS) is 10.7. The molecular weight excluding hydrogens is 374 g/mol. The standard InChI is InChI=1S/C20H23N5O2S/c1-4-27-16-7-5-6-15(11-16)19-23-24-20(25(19)21)28-12-18(26)22-17-10-13(2)8-9-14(17)3/h5-11H,4,12,21H2,1-3H3,(H,22,26). The lowest BCUT2D eigenvalue weighted by atomic mass is 10.1. The highest BCUT2D eigenvalue weighted by molar-refractivity contribution is 7.99. The molecule has 0 fully saturated rings. The van der Waals surface area contributed by atoms with E-state index in [-0.39, 0.29) is 11.7 Å². The van der Waals surface area contributed by atoms with Crippen molar-refractivity contribution in [3.8, 4) is 17.1 Å². The van der Waals surface area contributed by atoms with Crippen LogP contribution >= 0.6 is 11.8 Å². The zero-order valence-corrected chi connectivity index (χ0v) is 16.9. The molecule has 3 N–H and O–H groups in total. The summed E-state index contributed by atoms with van der Waals surface area (Å²) >= 11 is 1.24. The van der Waals surface area contributed by atoms with Crippen molar-refractivity contribution in [3.05, 3.63) is 53.6 Å². The Bertz CT molecular complexity index is 986. The summed E-state index contributed by atoms with van der Waals surface area (Å²) in [6.07, 6.45) is 0. The number of anilines is 1. The molecule has 2 aromatic carbocycles. The molecule has 0 saturated carbocycles. The van der Waals surface area contributed by atoms with Gasteiger partial charge >= 0.3 is 0 Å². The maximum atomic E-state index is 12.3. The van der Waals surface area contributed by atoms with Gasteiger partial charge < -0.3 is 15.9 Å². The number of thioether (sulfide) groups is 1. The second-order valence-electron chi connectivity index (χ2n) is 6.29. The van der Waals surface area contributed by atoms with Crippen molar-refractivity contribution < 1.29 is 9.53 Å². The Morgan fingerprint density at radius 1 is 1.21 bits per heavy atom. The molecule has 1 aromatic heterocycles. The van der Waals surface area contributed by atoms with Gasteiger partial charge in [0.25, 0.3) is 0 Å². The molecule has 0 atom stereocenters. The van der Waals surface area contributed by atoms with Crippen LogP contribution < -0.4 is 15.9 Å². The first-order valence-electron chi connectivity index (χ1n) is 8.91. The highest BCUT2D eigenvalue weighted by atomic mass is 32.2. The molecule has 0 spiro atoms. The molecule has 1 heterocycles. The largest absolute Gasteiger partial charge is 0.494 e. The number of rotatable bonds is 7. The number of nitrogens with two attached hydrogens (primary N) is 1. The topological polar surface area (TPSA) is 95.1 Å². The Kier molecular flexibility index (Phi) is 6.20. The first-order valence-corrected chi connectivity index (χ1v) is 9.90. The molecular formula is C20H23N5O2S. The molecule has 0 aliphatic heterocycles. The summed E-state index contributed by atoms with van der Waals surface area (Å²) in [5.74, 6) is 7.45. The van der Waals surface area contributed by atoms with Gasteiger partial charge in [0.2, 0.25) is 11.1 Å². The second-order valence-corrected chi connectivity index (χ2v) is 7.23. The van der Waals surface area contributed by atoms with Gasteiger partial charge in [0.1, 0.15) is 5.75 Å². The molecule has 3 aromatic rings. The van der Waals surface area contributed by atoms with Crippen LogP contribution in [-0.4, -0.2) is 33.1 Å². The van der Waals surface area contributed by atoms with Crippen molar-refractivity contribution in [2.24, 2.45) is 0 Å². The van der Waals surface area contributed by atoms with Crippen LogP contribution in [0.25, 0.3) is 11.4 Å². The maximum Gasteiger partial charge on any atom is 0.234 e. The van der Waals surface area contributed by atoms with E-state index in [2.05, 4.69) is 15.5 Å². The fraction of sp³-hybridized carbons (Fsp3) is 0.250. The highest BCUT2D eigenvalue weighted by Crippen LogP contribution is 2.25. The van der Waals surface area contributed by atoms with Crippen LogP contribution in [0.2, 0.25) is 0 Å². The summed E-state index contributed by atoms with van der Waals surface area (Å²) in [6.45, 7) is 6.45. The molecule has 1 amide bonds. The highest BCUT2D eigenvalue weighted by Gasteiger charge is 2.15. The van der Waals surface area contributed by atoms with E-state index in [1.165, 1.54) is 16.4 Å². The zero-order valence-electron chi connectivity index (χ0n) is 16.1. The van der Waals surface area contributed by atoms with Crippen LogP contribution in [0, 0.1) is 13.8 Å². The maximum absolute atomic E-state index is 12.3. The van der Waals surface area contributed by atoms with E-state index in [4.69, 9.17) is 10.6 Å². The molecule has 146 valence electrons. The molecule has 0 aliphatic rings. The van der Waals surface area contributed by atoms with Crippen molar-refractivity contribution in [2.75, 3.05) is 23.5 Å². The number of hydrogen-bond donors (Lipinski definition) is 2. The summed E-state index contributed by atoms with van der Waals surface area (Å²) in [7, 11) is 0. The van der Waals surface area contributed by atoms with Crippen LogP contribution in [0.5, 0.6) is 5.75 Å². The molecule has 7 nitrogen and oxygen atoms in total. The lowest BCUT2D eigenvalue weighted by Gasteiger charge is -2.09. The fourth-order valence-electron chi connectivity index (χ4n) is 2.65. The summed E-state index contributed by atoms with van der Waals surface area (Å²) in [6, 6.07) is 13.4. The number of amides is 1. The van der Waals surface area contributed by atoms with Gasteiger partial charge in [-0.25, -0.2) is 4.68 Å². The summed E-state index contributed by atoms with van der Waals surface area (Å²) in [4.78, 5) is 12.3. The third kappa shape index (κ3) is 4.64. The minimum atomic E-state index is -0.124. The monoisotopic (exact) mass is 397 g/mol. The Balaban J connectivity index is 1.67. The van der Waals surface area contributed by atoms with Gasteiger partial charge in [-0.15, -0.1) is 10.2 Å². The fourth-order valence-corrected chi connectivity index (χ4v) is 3.31. The molecule has 3 rings (SSSR count). The lowest BCUT2D eigenvalue weighted by Crippen LogP contribution is -2.17. The van der Waals surface area contributed by atoms with Crippen LogP contribution in [0.1, 0.15) is 18.1 Å². The molecule has 8 heteroatoms. The van der Waals surface area contributed by atoms with Crippen molar-refractivity contribution in [1.82, 2.24) is 14.9 Å². The van der Waals surface area contributed by atoms with Gasteiger partial charge in [-0.2, -0.15) is 0 Å². The first-order chi connectivity index (χ1) is 13.5. The van der Waals surface area contributed by atoms with Crippen molar-refractivity contribution in [1.29, 1.82) is 0 Å². The lowest BCUT2D eigenvalue weighted by molar-refractivity contribution is -0.113. The number of nitrogens with zero attached hydrogens (tertiary/aromatic N) is 3. The van der Waals surface area contributed by atoms with E-state index in [1.54, 1.807) is 0 Å². The second kappa shape index (κ2) is 8.79. The number of hydrogen-bond acceptors (Lipinski definition) is 6. The summed E-state index contributed by atoms with van der Waals surface area (Å²) < 4.78 is 6.90.